The minimum Gasteiger partial charge on any atom is -0.461 e. The lowest BCUT2D eigenvalue weighted by Crippen LogP contribution is -2.63. The third kappa shape index (κ3) is 4.02. The molecule has 0 unspecified atom stereocenters. The topological polar surface area (TPSA) is 93.1 Å². The van der Waals surface area contributed by atoms with Crippen molar-refractivity contribution in [3.63, 3.8) is 0 Å². The predicted molar refractivity (Wildman–Crippen MR) is 144 cm³/mol. The lowest BCUT2D eigenvalue weighted by atomic mass is 9.44. The van der Waals surface area contributed by atoms with Crippen molar-refractivity contribution >= 4 is 36.1 Å². The van der Waals surface area contributed by atoms with Crippen molar-refractivity contribution in [2.24, 2.45) is 34.0 Å². The first-order valence-corrected chi connectivity index (χ1v) is 14.6. The number of rotatable bonds is 5. The third-order valence-electron chi connectivity index (χ3n) is 10.8. The van der Waals surface area contributed by atoms with Crippen LogP contribution in [0.5, 0.6) is 0 Å². The van der Waals surface area contributed by atoms with Crippen LogP contribution in [0.2, 0.25) is 0 Å². The number of carbonyl (C=O) groups excluding carboxylic acids is 2. The third-order valence-corrected chi connectivity index (χ3v) is 11.8. The van der Waals surface area contributed by atoms with Crippen LogP contribution in [0.15, 0.2) is 29.7 Å². The number of hydrogen-bond donors (Lipinski definition) is 2. The molecule has 38 heavy (non-hydrogen) atoms. The van der Waals surface area contributed by atoms with Gasteiger partial charge in [-0.1, -0.05) is 39.8 Å². The monoisotopic (exact) mass is 544 g/mol. The Bertz CT molecular complexity index is 1160. The van der Waals surface area contributed by atoms with E-state index in [0.29, 0.717) is 18.4 Å². The van der Waals surface area contributed by atoms with Crippen molar-refractivity contribution in [3.8, 4) is 0 Å². The fourth-order valence-electron chi connectivity index (χ4n) is 8.20. The quantitative estimate of drug-likeness (QED) is 0.250. The zero-order valence-corrected chi connectivity index (χ0v) is 23.5. The molecule has 6 nitrogen and oxygen atoms in total. The van der Waals surface area contributed by atoms with Gasteiger partial charge in [0.05, 0.1) is 18.5 Å². The summed E-state index contributed by atoms with van der Waals surface area (Å²) >= 11 is 1.02. The Morgan fingerprint density at radius 1 is 1.34 bits per heavy atom. The first-order chi connectivity index (χ1) is 17.9. The van der Waals surface area contributed by atoms with Gasteiger partial charge in [0.15, 0.2) is 0 Å². The van der Waals surface area contributed by atoms with Gasteiger partial charge in [0.2, 0.25) is 0 Å². The highest BCUT2D eigenvalue weighted by Crippen LogP contribution is 2.68. The van der Waals surface area contributed by atoms with Crippen molar-refractivity contribution < 1.29 is 33.5 Å². The summed E-state index contributed by atoms with van der Waals surface area (Å²) < 4.78 is 26.4. The molecule has 1 aliphatic heterocycles. The van der Waals surface area contributed by atoms with Crippen LogP contribution >= 0.6 is 11.8 Å². The van der Waals surface area contributed by atoms with Crippen LogP contribution in [-0.4, -0.2) is 47.0 Å². The summed E-state index contributed by atoms with van der Waals surface area (Å²) in [4.78, 5) is 27.0. The molecular formula is C29H38BFO6S. The fourth-order valence-corrected chi connectivity index (χ4v) is 8.94. The molecule has 1 aromatic carbocycles. The first-order valence-electron chi connectivity index (χ1n) is 13.7. The molecule has 2 bridgehead atoms. The molecule has 206 valence electrons. The number of carbonyl (C=O) groups is 2. The van der Waals surface area contributed by atoms with Crippen LogP contribution in [0, 0.1) is 39.8 Å². The molecule has 8 atom stereocenters. The van der Waals surface area contributed by atoms with Crippen LogP contribution in [0.1, 0.15) is 65.4 Å². The van der Waals surface area contributed by atoms with E-state index in [1.54, 1.807) is 18.2 Å². The lowest BCUT2D eigenvalue weighted by molar-refractivity contribution is -0.205. The van der Waals surface area contributed by atoms with E-state index in [1.807, 2.05) is 6.92 Å². The minimum atomic E-state index is -1.31. The molecule has 0 radical (unpaired) electrons. The van der Waals surface area contributed by atoms with Gasteiger partial charge in [0.1, 0.15) is 17.7 Å². The number of ketones is 1. The molecule has 5 rings (SSSR count). The second-order valence-corrected chi connectivity index (χ2v) is 13.5. The minimum absolute atomic E-state index is 0.0944. The van der Waals surface area contributed by atoms with Gasteiger partial charge in [-0.2, -0.15) is 0 Å². The maximum atomic E-state index is 15.0. The number of ether oxygens (including phenoxy) is 1. The molecule has 2 N–H and O–H groups in total. The normalized spacial score (nSPS) is 40.2. The molecule has 0 aromatic heterocycles. The number of fused-ring (bicyclic) bond motifs is 1. The fraction of sp³-hybridized carbons (Fsp3) is 0.655. The van der Waals surface area contributed by atoms with Crippen molar-refractivity contribution in [3.05, 3.63) is 36.2 Å². The summed E-state index contributed by atoms with van der Waals surface area (Å²) in [5.41, 5.74) is -0.921. The summed E-state index contributed by atoms with van der Waals surface area (Å²) in [5.74, 6) is -1.25. The average Bonchev–Trinajstić information content (AvgIpc) is 3.45. The van der Waals surface area contributed by atoms with E-state index >= 15 is 4.39 Å². The first kappa shape index (κ1) is 27.9. The highest BCUT2D eigenvalue weighted by atomic mass is 32.2. The largest absolute Gasteiger partial charge is 0.494 e. The van der Waals surface area contributed by atoms with Crippen LogP contribution in [0.25, 0.3) is 0 Å². The zero-order chi connectivity index (χ0) is 27.6. The Labute approximate surface area is 228 Å². The summed E-state index contributed by atoms with van der Waals surface area (Å²) in [6.45, 7) is 12.5. The maximum absolute atomic E-state index is 15.0. The maximum Gasteiger partial charge on any atom is 0.494 e. The van der Waals surface area contributed by atoms with Gasteiger partial charge in [0, 0.05) is 33.5 Å². The smallest absolute Gasteiger partial charge is 0.461 e. The molecular weight excluding hydrogens is 506 g/mol. The van der Waals surface area contributed by atoms with E-state index in [1.165, 1.54) is 0 Å². The number of aliphatic hydroxyl groups is 1. The van der Waals surface area contributed by atoms with Gasteiger partial charge in [-0.25, -0.2) is 4.39 Å². The van der Waals surface area contributed by atoms with Gasteiger partial charge < -0.3 is 19.5 Å². The number of halogens is 1. The highest BCUT2D eigenvalue weighted by Gasteiger charge is 2.68. The van der Waals surface area contributed by atoms with Gasteiger partial charge in [0.25, 0.3) is 0 Å². The number of thioether (sulfide) groups is 1. The van der Waals surface area contributed by atoms with E-state index in [9.17, 15) is 19.7 Å². The molecule has 3 aliphatic carbocycles. The number of benzene rings is 1. The van der Waals surface area contributed by atoms with Crippen LogP contribution in [0.4, 0.5) is 4.39 Å². The van der Waals surface area contributed by atoms with E-state index in [2.05, 4.69) is 27.4 Å². The van der Waals surface area contributed by atoms with Crippen molar-refractivity contribution in [1.82, 2.24) is 0 Å². The molecule has 9 heteroatoms. The Balaban J connectivity index is 1.44. The van der Waals surface area contributed by atoms with Crippen molar-refractivity contribution in [2.45, 2.75) is 83.5 Å². The lowest BCUT2D eigenvalue weighted by Gasteiger charge is -2.61. The number of aliphatic hydroxyl groups excluding tert-OH is 1. The molecule has 0 amide bonds. The van der Waals surface area contributed by atoms with Gasteiger partial charge in [-0.3, -0.25) is 9.59 Å². The van der Waals surface area contributed by atoms with Crippen LogP contribution < -0.4 is 5.46 Å². The van der Waals surface area contributed by atoms with E-state index in [4.69, 9.17) is 9.39 Å². The summed E-state index contributed by atoms with van der Waals surface area (Å²) in [6, 6.07) is 3.29. The summed E-state index contributed by atoms with van der Waals surface area (Å²) in [5, 5.41) is 21.6. The molecule has 3 fully saturated rings. The molecule has 4 aliphatic rings. The van der Waals surface area contributed by atoms with E-state index in [-0.39, 0.29) is 51.7 Å². The predicted octanol–water partition coefficient (Wildman–Crippen LogP) is 4.04. The van der Waals surface area contributed by atoms with Crippen LogP contribution in [-0.2, 0) is 25.6 Å². The number of hydrogen-bond acceptors (Lipinski definition) is 7. The summed E-state index contributed by atoms with van der Waals surface area (Å²) in [7, 11) is -1.31. The van der Waals surface area contributed by atoms with Crippen molar-refractivity contribution in [2.75, 3.05) is 5.75 Å². The Kier molecular flexibility index (Phi) is 7.15. The zero-order valence-electron chi connectivity index (χ0n) is 22.7. The second kappa shape index (κ2) is 9.75. The molecule has 3 saturated carbocycles. The standard InChI is InChI=1S/C29H38BFO6S/c1-6-27(4)13-21(37-22(33)15-38-20-8-7-18-14-36-30(35)23(18)24(20)31)28(5)16(2)9-11-29(17(3)26(27)34)12-10-19(32)25(28)29/h6-8,16-17,21,25-26,34-35H,1,9-15H2,2-5H3/t16-,17-,21+,25-,26-,27+,28-,29-/m0/s1. The second-order valence-electron chi connectivity index (χ2n) is 12.5. The van der Waals surface area contributed by atoms with Crippen molar-refractivity contribution in [1.29, 1.82) is 0 Å². The van der Waals surface area contributed by atoms with Gasteiger partial charge in [-0.15, -0.1) is 18.3 Å². The summed E-state index contributed by atoms with van der Waals surface area (Å²) in [6.07, 6.45) is 3.79. The highest BCUT2D eigenvalue weighted by molar-refractivity contribution is 8.00. The molecule has 0 spiro atoms. The number of esters is 1. The Morgan fingerprint density at radius 3 is 2.79 bits per heavy atom. The van der Waals surface area contributed by atoms with E-state index in [0.717, 1.165) is 31.0 Å². The average molecular weight is 544 g/mol. The Morgan fingerprint density at radius 2 is 2.08 bits per heavy atom. The van der Waals surface area contributed by atoms with Gasteiger partial charge in [-0.05, 0) is 54.6 Å². The molecule has 1 aromatic rings. The van der Waals surface area contributed by atoms with Crippen LogP contribution in [0.3, 0.4) is 0 Å². The van der Waals surface area contributed by atoms with E-state index < -0.39 is 41.9 Å². The van der Waals surface area contributed by atoms with Gasteiger partial charge >= 0.3 is 13.1 Å². The molecule has 0 saturated heterocycles. The molecule has 1 heterocycles. The SMILES string of the molecule is C=C[C@]1(C)C[C@@H](OC(=O)CSc2ccc3c(c2F)B(O)OC3)[C@@]2(C)[C@@H]3C(=O)CC[C@@]3(CC[C@@H]2C)[C@@H](C)[C@@H]1O. The number of Topliss-reactive ketones (excluding diaryl/α,β-unsaturated/α-hetero) is 1. The Hall–Kier alpha value is -1.68.